The molecule has 3 rings (SSSR count). The van der Waals surface area contributed by atoms with E-state index in [1.54, 1.807) is 0 Å². The Bertz CT molecular complexity index is 1220. The third-order valence-corrected chi connectivity index (χ3v) is 6.33. The molecule has 0 fully saturated rings. The summed E-state index contributed by atoms with van der Waals surface area (Å²) < 4.78 is 42.3. The van der Waals surface area contributed by atoms with Crippen molar-refractivity contribution < 1.29 is 33.3 Å². The van der Waals surface area contributed by atoms with E-state index >= 15 is 0 Å². The first-order valence-corrected chi connectivity index (χ1v) is 11.4. The number of nitrogens with zero attached hydrogens (tertiary/aromatic N) is 1. The van der Waals surface area contributed by atoms with Crippen LogP contribution in [-0.4, -0.2) is 76.2 Å². The first-order valence-electron chi connectivity index (χ1n) is 10.6. The maximum Gasteiger partial charge on any atom is 2.00 e. The number of halogens is 3. The average Bonchev–Trinajstić information content (AvgIpc) is 2.77. The Balaban J connectivity index is 0.00000432. The maximum atomic E-state index is 14.4. The van der Waals surface area contributed by atoms with Crippen LogP contribution < -0.4 is 0 Å². The van der Waals surface area contributed by atoms with Gasteiger partial charge >= 0.3 is 43.7 Å². The largest absolute Gasteiger partial charge is 2.00 e. The molecule has 0 aliphatic rings. The number of fused-ring (bicyclic) bond motifs is 1. The monoisotopic (exact) mass is 531 g/mol. The summed E-state index contributed by atoms with van der Waals surface area (Å²) in [5.41, 5.74) is 1.20. The molecule has 3 aromatic rings. The van der Waals surface area contributed by atoms with Crippen LogP contribution in [0, 0.1) is 17.5 Å². The number of aliphatic hydroxyl groups excluding tert-OH is 2. The topological polar surface area (TPSA) is 90.7 Å². The van der Waals surface area contributed by atoms with Gasteiger partial charge < -0.3 is 15.3 Å². The summed E-state index contributed by atoms with van der Waals surface area (Å²) in [6, 6.07) is 8.51. The molecule has 1 aromatic heterocycles. The first kappa shape index (κ1) is 29.6. The van der Waals surface area contributed by atoms with Crippen molar-refractivity contribution in [2.24, 2.45) is 0 Å². The molecule has 0 unspecified atom stereocenters. The molecule has 0 spiro atoms. The normalized spacial score (nSPS) is 13.3. The van der Waals surface area contributed by atoms with Crippen LogP contribution in [0.2, 0.25) is 0 Å². The van der Waals surface area contributed by atoms with Crippen LogP contribution in [0.4, 0.5) is 13.2 Å². The van der Waals surface area contributed by atoms with Gasteiger partial charge in [0.05, 0.1) is 18.6 Å². The number of rotatable bonds is 9. The number of benzene rings is 2. The molecule has 0 bridgehead atoms. The molecule has 0 saturated carbocycles. The zero-order chi connectivity index (χ0) is 25.0. The molecule has 180 valence electrons. The van der Waals surface area contributed by atoms with Gasteiger partial charge in [-0.3, -0.25) is 9.78 Å². The van der Waals surface area contributed by atoms with Crippen molar-refractivity contribution in [3.8, 4) is 0 Å². The van der Waals surface area contributed by atoms with Crippen LogP contribution in [0.15, 0.2) is 52.4 Å². The zero-order valence-electron chi connectivity index (χ0n) is 19.2. The molecule has 0 aliphatic carbocycles. The number of aromatic nitrogens is 1. The minimum absolute atomic E-state index is 0. The number of hydrogen-bond donors (Lipinski definition) is 3. The van der Waals surface area contributed by atoms with Crippen molar-refractivity contribution in [3.63, 3.8) is 0 Å². The van der Waals surface area contributed by atoms with Gasteiger partial charge in [-0.25, -0.2) is 13.2 Å². The predicted molar refractivity (Wildman–Crippen MR) is 130 cm³/mol. The molecule has 10 heteroatoms. The second-order valence-electron chi connectivity index (χ2n) is 8.16. The van der Waals surface area contributed by atoms with Crippen molar-refractivity contribution in [1.29, 1.82) is 0 Å². The Hall–Kier alpha value is -1.62. The fourth-order valence-electron chi connectivity index (χ4n) is 3.36. The maximum absolute atomic E-state index is 14.4. The summed E-state index contributed by atoms with van der Waals surface area (Å²) >= 11 is 1.21. The van der Waals surface area contributed by atoms with E-state index in [2.05, 4.69) is 18.8 Å². The second-order valence-corrected chi connectivity index (χ2v) is 9.25. The standard InChI is InChI=1S/C25H24F3NO4S.Ca/c1-13(2)14-4-7-18(8-5-14)34-25-15(3-6-16(30)9-17(31)10-21(32)33)12-29-24-19(25)11-20(26)22(27)23(24)28;/h3-8,11-13,16-17,30-31H,9-10H2,1-2H3,(H,32,33);/q;+2/b6-3+;/t16-,17-;/m1./s1. The van der Waals surface area contributed by atoms with Crippen LogP contribution in [0.25, 0.3) is 17.0 Å². The quantitative estimate of drug-likeness (QED) is 0.262. The van der Waals surface area contributed by atoms with Crippen molar-refractivity contribution in [1.82, 2.24) is 4.98 Å². The fourth-order valence-corrected chi connectivity index (χ4v) is 4.37. The molecule has 0 radical (unpaired) electrons. The third-order valence-electron chi connectivity index (χ3n) is 5.16. The second kappa shape index (κ2) is 13.1. The predicted octanol–water partition coefficient (Wildman–Crippen LogP) is 5.15. The number of carboxylic acids is 1. The Morgan fingerprint density at radius 1 is 1.11 bits per heavy atom. The first-order chi connectivity index (χ1) is 16.1. The molecule has 35 heavy (non-hydrogen) atoms. The van der Waals surface area contributed by atoms with Crippen molar-refractivity contribution >= 4 is 72.4 Å². The summed E-state index contributed by atoms with van der Waals surface area (Å²) in [6.45, 7) is 4.11. The van der Waals surface area contributed by atoms with Crippen molar-refractivity contribution in [2.75, 3.05) is 0 Å². The van der Waals surface area contributed by atoms with E-state index in [1.807, 2.05) is 24.3 Å². The van der Waals surface area contributed by atoms with Gasteiger partial charge in [0.1, 0.15) is 5.52 Å². The summed E-state index contributed by atoms with van der Waals surface area (Å²) in [5, 5.41) is 28.7. The molecule has 2 aromatic carbocycles. The van der Waals surface area contributed by atoms with Crippen LogP contribution in [-0.2, 0) is 4.79 Å². The minimum Gasteiger partial charge on any atom is -0.481 e. The summed E-state index contributed by atoms with van der Waals surface area (Å²) in [4.78, 5) is 15.8. The minimum atomic E-state index is -1.61. The van der Waals surface area contributed by atoms with Crippen LogP contribution in [0.3, 0.4) is 0 Å². The van der Waals surface area contributed by atoms with Crippen LogP contribution in [0.1, 0.15) is 43.7 Å². The number of aliphatic carboxylic acids is 1. The van der Waals surface area contributed by atoms with Crippen LogP contribution >= 0.6 is 11.8 Å². The molecule has 5 nitrogen and oxygen atoms in total. The van der Waals surface area contributed by atoms with E-state index in [-0.39, 0.29) is 55.1 Å². The number of aliphatic hydroxyl groups is 2. The van der Waals surface area contributed by atoms with Crippen molar-refractivity contribution in [2.45, 2.75) is 54.6 Å². The van der Waals surface area contributed by atoms with E-state index in [9.17, 15) is 28.2 Å². The fraction of sp³-hybridized carbons (Fsp3) is 0.280. The van der Waals surface area contributed by atoms with Crippen molar-refractivity contribution in [3.05, 3.63) is 71.2 Å². The Morgan fingerprint density at radius 3 is 2.37 bits per heavy atom. The van der Waals surface area contributed by atoms with Gasteiger partial charge in [-0.15, -0.1) is 0 Å². The zero-order valence-corrected chi connectivity index (χ0v) is 22.2. The molecule has 0 saturated heterocycles. The van der Waals surface area contributed by atoms with E-state index in [4.69, 9.17) is 5.11 Å². The molecular formula is C25H24CaF3NO4S+2. The van der Waals surface area contributed by atoms with E-state index < -0.39 is 42.0 Å². The molecule has 0 amide bonds. The van der Waals surface area contributed by atoms with Gasteiger partial charge in [0, 0.05) is 33.4 Å². The SMILES string of the molecule is CC(C)c1ccc(Sc2c(/C=C/[C@@H](O)C[C@@H](O)CC(=O)O)cnc3c(F)c(F)c(F)cc23)cc1.[Ca+2]. The Labute approximate surface area is 235 Å². The van der Waals surface area contributed by atoms with Gasteiger partial charge in [-0.1, -0.05) is 49.9 Å². The summed E-state index contributed by atoms with van der Waals surface area (Å²) in [5.74, 6) is -5.21. The van der Waals surface area contributed by atoms with E-state index in [0.717, 1.165) is 16.5 Å². The smallest absolute Gasteiger partial charge is 0.481 e. The molecular weight excluding hydrogens is 507 g/mol. The molecule has 3 N–H and O–H groups in total. The number of carboxylic acid groups (broad SMARTS) is 1. The Kier molecular flexibility index (Phi) is 11.1. The van der Waals surface area contributed by atoms with Gasteiger partial charge in [-0.05, 0) is 29.7 Å². The third kappa shape index (κ3) is 7.68. The van der Waals surface area contributed by atoms with E-state index in [0.29, 0.717) is 16.4 Å². The summed E-state index contributed by atoms with van der Waals surface area (Å²) in [7, 11) is 0. The molecule has 0 aliphatic heterocycles. The number of carbonyl (C=O) groups is 1. The molecule has 2 atom stereocenters. The van der Waals surface area contributed by atoms with Gasteiger partial charge in [0.2, 0.25) is 0 Å². The van der Waals surface area contributed by atoms with Crippen LogP contribution in [0.5, 0.6) is 0 Å². The number of hydrogen-bond acceptors (Lipinski definition) is 5. The summed E-state index contributed by atoms with van der Waals surface area (Å²) in [6.07, 6.45) is 0.938. The van der Waals surface area contributed by atoms with Gasteiger partial charge in [0.25, 0.3) is 0 Å². The molecule has 1 heterocycles. The van der Waals surface area contributed by atoms with Gasteiger partial charge in [-0.2, -0.15) is 0 Å². The van der Waals surface area contributed by atoms with Gasteiger partial charge in [0.15, 0.2) is 17.5 Å². The number of pyridine rings is 1. The average molecular weight is 532 g/mol. The van der Waals surface area contributed by atoms with E-state index in [1.165, 1.54) is 30.1 Å². The Morgan fingerprint density at radius 2 is 1.77 bits per heavy atom.